The van der Waals surface area contributed by atoms with Crippen LogP contribution in [0.2, 0.25) is 0 Å². The first kappa shape index (κ1) is 14.1. The average Bonchev–Trinajstić information content (AvgIpc) is 2.87. The molecule has 4 rings (SSSR count). The fraction of sp³-hybridized carbons (Fsp3) is 0.316. The third-order valence-electron chi connectivity index (χ3n) is 4.99. The Bertz CT molecular complexity index is 722. The summed E-state index contributed by atoms with van der Waals surface area (Å²) < 4.78 is 0. The van der Waals surface area contributed by atoms with Crippen LogP contribution in [0.25, 0.3) is 0 Å². The molecule has 2 amide bonds. The first-order chi connectivity index (χ1) is 11.3. The number of carbonyl (C=O) groups is 2. The van der Waals surface area contributed by atoms with E-state index in [0.29, 0.717) is 17.0 Å². The van der Waals surface area contributed by atoms with Crippen LogP contribution in [-0.2, 0) is 0 Å². The minimum absolute atomic E-state index is 0.0126. The Kier molecular flexibility index (Phi) is 3.45. The molecule has 23 heavy (non-hydrogen) atoms. The van der Waals surface area contributed by atoms with Crippen LogP contribution in [0, 0.1) is 0 Å². The van der Waals surface area contributed by atoms with Crippen molar-refractivity contribution in [1.82, 2.24) is 9.88 Å². The van der Waals surface area contributed by atoms with E-state index in [1.165, 1.54) is 10.5 Å². The molecule has 1 aromatic heterocycles. The topological polar surface area (TPSA) is 50.3 Å². The quantitative estimate of drug-likeness (QED) is 0.799. The highest BCUT2D eigenvalue weighted by Crippen LogP contribution is 2.37. The van der Waals surface area contributed by atoms with E-state index in [9.17, 15) is 9.59 Å². The van der Waals surface area contributed by atoms with Crippen molar-refractivity contribution < 1.29 is 9.59 Å². The van der Waals surface area contributed by atoms with Crippen LogP contribution in [0.15, 0.2) is 48.8 Å². The molecule has 2 atom stereocenters. The first-order valence-corrected chi connectivity index (χ1v) is 8.12. The number of carbonyl (C=O) groups excluding carboxylic acids is 2. The molecule has 4 heteroatoms. The van der Waals surface area contributed by atoms with Crippen LogP contribution in [0.1, 0.15) is 57.9 Å². The fourth-order valence-corrected chi connectivity index (χ4v) is 3.86. The molecule has 0 N–H and O–H groups in total. The largest absolute Gasteiger partial charge is 0.271 e. The third-order valence-corrected chi connectivity index (χ3v) is 4.99. The molecule has 1 aliphatic carbocycles. The molecule has 0 saturated heterocycles. The van der Waals surface area contributed by atoms with Gasteiger partial charge in [0.25, 0.3) is 11.8 Å². The van der Waals surface area contributed by atoms with Gasteiger partial charge in [-0.2, -0.15) is 0 Å². The number of hydrogen-bond acceptors (Lipinski definition) is 3. The van der Waals surface area contributed by atoms with Crippen LogP contribution in [-0.4, -0.2) is 27.7 Å². The number of fused-ring (bicyclic) bond motifs is 1. The first-order valence-electron chi connectivity index (χ1n) is 8.12. The lowest BCUT2D eigenvalue weighted by atomic mass is 9.81. The minimum atomic E-state index is -0.137. The van der Waals surface area contributed by atoms with E-state index >= 15 is 0 Å². The molecule has 0 radical (unpaired) electrons. The van der Waals surface area contributed by atoms with Crippen LogP contribution in [0.3, 0.4) is 0 Å². The van der Waals surface area contributed by atoms with Gasteiger partial charge in [-0.3, -0.25) is 19.5 Å². The number of hydrogen-bond donors (Lipinski definition) is 0. The molecule has 2 aliphatic rings. The van der Waals surface area contributed by atoms with Gasteiger partial charge in [0.1, 0.15) is 0 Å². The number of nitrogens with zero attached hydrogens (tertiary/aromatic N) is 2. The zero-order valence-corrected chi connectivity index (χ0v) is 12.8. The second kappa shape index (κ2) is 5.61. The molecule has 1 aliphatic heterocycles. The van der Waals surface area contributed by atoms with Crippen LogP contribution >= 0.6 is 0 Å². The maximum atomic E-state index is 12.6. The van der Waals surface area contributed by atoms with E-state index in [-0.39, 0.29) is 17.9 Å². The molecule has 4 nitrogen and oxygen atoms in total. The molecule has 1 saturated carbocycles. The SMILES string of the molecule is O=C1c2ccccc2C(=O)N1[C@H]1CCC[C@@H](c2cccnc2)C1. The second-order valence-corrected chi connectivity index (χ2v) is 6.33. The van der Waals surface area contributed by atoms with Gasteiger partial charge in [0.15, 0.2) is 0 Å². The van der Waals surface area contributed by atoms with E-state index in [1.807, 2.05) is 24.4 Å². The summed E-state index contributed by atoms with van der Waals surface area (Å²) in [5, 5.41) is 0. The van der Waals surface area contributed by atoms with Crippen molar-refractivity contribution in [2.45, 2.75) is 37.6 Å². The molecule has 1 aromatic carbocycles. The highest BCUT2D eigenvalue weighted by Gasteiger charge is 2.41. The Morgan fingerprint density at radius 3 is 2.35 bits per heavy atom. The van der Waals surface area contributed by atoms with Gasteiger partial charge in [0.05, 0.1) is 11.1 Å². The zero-order chi connectivity index (χ0) is 15.8. The van der Waals surface area contributed by atoms with Crippen molar-refractivity contribution in [3.8, 4) is 0 Å². The van der Waals surface area contributed by atoms with Gasteiger partial charge in [-0.25, -0.2) is 0 Å². The van der Waals surface area contributed by atoms with E-state index in [4.69, 9.17) is 0 Å². The van der Waals surface area contributed by atoms with E-state index in [0.717, 1.165) is 25.7 Å². The summed E-state index contributed by atoms with van der Waals surface area (Å²) in [6.45, 7) is 0. The molecule has 0 spiro atoms. The van der Waals surface area contributed by atoms with Gasteiger partial charge in [0.2, 0.25) is 0 Å². The van der Waals surface area contributed by atoms with Crippen molar-refractivity contribution >= 4 is 11.8 Å². The number of pyridine rings is 1. The summed E-state index contributed by atoms with van der Waals surface area (Å²) in [6, 6.07) is 11.1. The summed E-state index contributed by atoms with van der Waals surface area (Å²) in [7, 11) is 0. The lowest BCUT2D eigenvalue weighted by molar-refractivity contribution is 0.0539. The number of rotatable bonds is 2. The second-order valence-electron chi connectivity index (χ2n) is 6.33. The smallest absolute Gasteiger partial charge is 0.261 e. The van der Waals surface area contributed by atoms with Gasteiger partial charge < -0.3 is 0 Å². The zero-order valence-electron chi connectivity index (χ0n) is 12.8. The molecular formula is C19H18N2O2. The van der Waals surface area contributed by atoms with Crippen molar-refractivity contribution in [1.29, 1.82) is 0 Å². The van der Waals surface area contributed by atoms with Crippen molar-refractivity contribution in [3.63, 3.8) is 0 Å². The number of benzene rings is 1. The van der Waals surface area contributed by atoms with Crippen LogP contribution in [0.5, 0.6) is 0 Å². The third kappa shape index (κ3) is 2.34. The summed E-state index contributed by atoms with van der Waals surface area (Å²) in [6.07, 6.45) is 7.51. The Hall–Kier alpha value is -2.49. The van der Waals surface area contributed by atoms with Gasteiger partial charge in [0, 0.05) is 18.4 Å². The predicted molar refractivity (Wildman–Crippen MR) is 86.2 cm³/mol. The van der Waals surface area contributed by atoms with Gasteiger partial charge in [-0.05, 0) is 48.9 Å². The Labute approximate surface area is 135 Å². The normalized spacial score (nSPS) is 23.9. The summed E-state index contributed by atoms with van der Waals surface area (Å²) in [5.74, 6) is 0.0941. The maximum absolute atomic E-state index is 12.6. The van der Waals surface area contributed by atoms with Gasteiger partial charge in [-0.1, -0.05) is 24.6 Å². The lowest BCUT2D eigenvalue weighted by Crippen LogP contribution is -2.42. The highest BCUT2D eigenvalue weighted by molar-refractivity contribution is 6.21. The molecule has 0 unspecified atom stereocenters. The molecular weight excluding hydrogens is 288 g/mol. The van der Waals surface area contributed by atoms with Gasteiger partial charge >= 0.3 is 0 Å². The monoisotopic (exact) mass is 306 g/mol. The summed E-state index contributed by atoms with van der Waals surface area (Å²) in [5.41, 5.74) is 2.29. The standard InChI is InChI=1S/C19H18N2O2/c22-18-16-8-1-2-9-17(16)19(23)21(18)15-7-3-5-13(11-15)14-6-4-10-20-12-14/h1-2,4,6,8-10,12-13,15H,3,5,7,11H2/t13-,15+/m1/s1. The fourth-order valence-electron chi connectivity index (χ4n) is 3.86. The van der Waals surface area contributed by atoms with Crippen molar-refractivity contribution in [2.24, 2.45) is 0 Å². The van der Waals surface area contributed by atoms with E-state index in [1.54, 1.807) is 18.3 Å². The van der Waals surface area contributed by atoms with Crippen molar-refractivity contribution in [2.75, 3.05) is 0 Å². The number of aromatic nitrogens is 1. The number of amides is 2. The lowest BCUT2D eigenvalue weighted by Gasteiger charge is -2.34. The highest BCUT2D eigenvalue weighted by atomic mass is 16.2. The van der Waals surface area contributed by atoms with Gasteiger partial charge in [-0.15, -0.1) is 0 Å². The Morgan fingerprint density at radius 1 is 0.957 bits per heavy atom. The summed E-state index contributed by atoms with van der Waals surface area (Å²) >= 11 is 0. The molecule has 1 fully saturated rings. The maximum Gasteiger partial charge on any atom is 0.261 e. The Balaban J connectivity index is 1.59. The van der Waals surface area contributed by atoms with Crippen LogP contribution in [0.4, 0.5) is 0 Å². The summed E-state index contributed by atoms with van der Waals surface area (Å²) in [4.78, 5) is 31.0. The Morgan fingerprint density at radius 2 is 1.70 bits per heavy atom. The van der Waals surface area contributed by atoms with Crippen LogP contribution < -0.4 is 0 Å². The molecule has 0 bridgehead atoms. The van der Waals surface area contributed by atoms with E-state index in [2.05, 4.69) is 11.1 Å². The molecule has 116 valence electrons. The number of imide groups is 1. The molecule has 2 aromatic rings. The van der Waals surface area contributed by atoms with Crippen molar-refractivity contribution in [3.05, 3.63) is 65.5 Å². The predicted octanol–water partition coefficient (Wildman–Crippen LogP) is 3.40. The minimum Gasteiger partial charge on any atom is -0.271 e. The average molecular weight is 306 g/mol. The van der Waals surface area contributed by atoms with E-state index < -0.39 is 0 Å². The molecule has 2 heterocycles.